The standard InChI is InChI=1S/C37H64N2/c1-3-5-7-9-11-12-13-14-15-16-17-19-21-26-30-37(39-32-31-38-34-39)36(33-35-27-23-22-24-28-35)29-25-20-18-10-8-6-4-2/h22-24,27-28,31-32,34,36-37H,3-21,25-26,29-30,33H2,1-2H3. The Kier molecular flexibility index (Phi) is 20.9. The van der Waals surface area contributed by atoms with Crippen LogP contribution in [0.1, 0.15) is 173 Å². The summed E-state index contributed by atoms with van der Waals surface area (Å²) in [5.74, 6) is 0.694. The largest absolute Gasteiger partial charge is 0.334 e. The van der Waals surface area contributed by atoms with Crippen LogP contribution in [-0.4, -0.2) is 9.55 Å². The van der Waals surface area contributed by atoms with Gasteiger partial charge in [-0.3, -0.25) is 0 Å². The fourth-order valence-corrected chi connectivity index (χ4v) is 6.35. The van der Waals surface area contributed by atoms with E-state index in [4.69, 9.17) is 0 Å². The number of hydrogen-bond acceptors (Lipinski definition) is 1. The van der Waals surface area contributed by atoms with Crippen molar-refractivity contribution in [3.05, 3.63) is 54.6 Å². The molecule has 2 unspecified atom stereocenters. The van der Waals surface area contributed by atoms with Gasteiger partial charge in [-0.25, -0.2) is 4.98 Å². The third-order valence-corrected chi connectivity index (χ3v) is 8.82. The molecule has 2 nitrogen and oxygen atoms in total. The van der Waals surface area contributed by atoms with Crippen molar-refractivity contribution in [2.75, 3.05) is 0 Å². The van der Waals surface area contributed by atoms with Crippen LogP contribution in [0.25, 0.3) is 0 Å². The Bertz CT molecular complexity index is 738. The van der Waals surface area contributed by atoms with Gasteiger partial charge in [-0.2, -0.15) is 0 Å². The van der Waals surface area contributed by atoms with Crippen LogP contribution in [0.5, 0.6) is 0 Å². The van der Waals surface area contributed by atoms with Gasteiger partial charge >= 0.3 is 0 Å². The van der Waals surface area contributed by atoms with Crippen LogP contribution in [0, 0.1) is 5.92 Å². The third-order valence-electron chi connectivity index (χ3n) is 8.82. The molecule has 0 aliphatic rings. The van der Waals surface area contributed by atoms with Crippen molar-refractivity contribution in [1.29, 1.82) is 0 Å². The van der Waals surface area contributed by atoms with Crippen molar-refractivity contribution in [2.24, 2.45) is 5.92 Å². The molecule has 2 atom stereocenters. The van der Waals surface area contributed by atoms with E-state index in [0.717, 1.165) is 0 Å². The van der Waals surface area contributed by atoms with Crippen LogP contribution >= 0.6 is 0 Å². The summed E-state index contributed by atoms with van der Waals surface area (Å²) in [4.78, 5) is 4.45. The number of aromatic nitrogens is 2. The lowest BCUT2D eigenvalue weighted by atomic mass is 9.84. The highest BCUT2D eigenvalue weighted by molar-refractivity contribution is 5.15. The minimum Gasteiger partial charge on any atom is -0.334 e. The highest BCUT2D eigenvalue weighted by Crippen LogP contribution is 2.32. The van der Waals surface area contributed by atoms with E-state index in [0.29, 0.717) is 12.0 Å². The second-order valence-corrected chi connectivity index (χ2v) is 12.3. The summed E-state index contributed by atoms with van der Waals surface area (Å²) in [6.07, 6.45) is 39.8. The van der Waals surface area contributed by atoms with Crippen molar-refractivity contribution in [3.63, 3.8) is 0 Å². The molecule has 1 aromatic carbocycles. The predicted octanol–water partition coefficient (Wildman–Crippen LogP) is 12.3. The lowest BCUT2D eigenvalue weighted by Gasteiger charge is -2.29. The topological polar surface area (TPSA) is 17.8 Å². The molecular weight excluding hydrogens is 472 g/mol. The highest BCUT2D eigenvalue weighted by atomic mass is 15.1. The Hall–Kier alpha value is -1.57. The summed E-state index contributed by atoms with van der Waals surface area (Å²) >= 11 is 0. The van der Waals surface area contributed by atoms with E-state index in [1.807, 2.05) is 6.20 Å². The summed E-state index contributed by atoms with van der Waals surface area (Å²) in [5, 5.41) is 0. The normalized spacial score (nSPS) is 13.1. The number of benzene rings is 1. The zero-order valence-corrected chi connectivity index (χ0v) is 26.1. The minimum atomic E-state index is 0.574. The molecular formula is C37H64N2. The van der Waals surface area contributed by atoms with Crippen molar-refractivity contribution in [2.45, 2.75) is 174 Å². The van der Waals surface area contributed by atoms with Gasteiger partial charge in [-0.1, -0.05) is 179 Å². The summed E-state index contributed by atoms with van der Waals surface area (Å²) < 4.78 is 2.44. The average Bonchev–Trinajstić information content (AvgIpc) is 3.49. The highest BCUT2D eigenvalue weighted by Gasteiger charge is 2.23. The zero-order chi connectivity index (χ0) is 27.6. The minimum absolute atomic E-state index is 0.574. The molecule has 222 valence electrons. The molecule has 1 heterocycles. The van der Waals surface area contributed by atoms with E-state index in [-0.39, 0.29) is 0 Å². The fraction of sp³-hybridized carbons (Fsp3) is 0.757. The molecule has 1 aromatic heterocycles. The quantitative estimate of drug-likeness (QED) is 0.104. The van der Waals surface area contributed by atoms with Gasteiger partial charge in [0.1, 0.15) is 0 Å². The molecule has 0 saturated heterocycles. The van der Waals surface area contributed by atoms with Gasteiger partial charge in [0.15, 0.2) is 0 Å². The molecule has 0 aliphatic heterocycles. The van der Waals surface area contributed by atoms with Crippen molar-refractivity contribution in [1.82, 2.24) is 9.55 Å². The van der Waals surface area contributed by atoms with Crippen LogP contribution in [0.3, 0.4) is 0 Å². The van der Waals surface area contributed by atoms with Crippen molar-refractivity contribution in [3.8, 4) is 0 Å². The Balaban J connectivity index is 1.71. The second kappa shape index (κ2) is 24.2. The molecule has 0 aliphatic carbocycles. The van der Waals surface area contributed by atoms with Crippen molar-refractivity contribution < 1.29 is 0 Å². The fourth-order valence-electron chi connectivity index (χ4n) is 6.35. The van der Waals surface area contributed by atoms with E-state index in [2.05, 4.69) is 66.3 Å². The first kappa shape index (κ1) is 33.6. The van der Waals surface area contributed by atoms with Crippen LogP contribution < -0.4 is 0 Å². The number of rotatable bonds is 27. The number of imidazole rings is 1. The van der Waals surface area contributed by atoms with E-state index < -0.39 is 0 Å². The van der Waals surface area contributed by atoms with E-state index in [1.54, 1.807) is 0 Å². The number of unbranched alkanes of at least 4 members (excludes halogenated alkanes) is 19. The van der Waals surface area contributed by atoms with Crippen LogP contribution in [-0.2, 0) is 6.42 Å². The maximum absolute atomic E-state index is 4.45. The molecule has 0 radical (unpaired) electrons. The van der Waals surface area contributed by atoms with Gasteiger partial charge < -0.3 is 4.57 Å². The van der Waals surface area contributed by atoms with Gasteiger partial charge in [0.2, 0.25) is 0 Å². The SMILES string of the molecule is CCCCCCCCCCCCCCCCC(C(CCCCCCCCC)Cc1ccccc1)n1ccnc1. The van der Waals surface area contributed by atoms with Gasteiger partial charge in [0.05, 0.1) is 6.33 Å². The van der Waals surface area contributed by atoms with Gasteiger partial charge in [0.25, 0.3) is 0 Å². The Morgan fingerprint density at radius 1 is 0.564 bits per heavy atom. The lowest BCUT2D eigenvalue weighted by molar-refractivity contribution is 0.275. The van der Waals surface area contributed by atoms with Gasteiger partial charge in [0, 0.05) is 18.4 Å². The molecule has 0 N–H and O–H groups in total. The summed E-state index contributed by atoms with van der Waals surface area (Å²) in [6.45, 7) is 4.61. The molecule has 2 heteroatoms. The van der Waals surface area contributed by atoms with Crippen molar-refractivity contribution >= 4 is 0 Å². The molecule has 0 saturated carbocycles. The third kappa shape index (κ3) is 17.0. The van der Waals surface area contributed by atoms with Gasteiger partial charge in [-0.15, -0.1) is 0 Å². The molecule has 2 rings (SSSR count). The van der Waals surface area contributed by atoms with Gasteiger partial charge in [-0.05, 0) is 30.7 Å². The summed E-state index contributed by atoms with van der Waals surface area (Å²) in [5.41, 5.74) is 1.50. The average molecular weight is 537 g/mol. The first-order chi connectivity index (χ1) is 19.3. The monoisotopic (exact) mass is 537 g/mol. The van der Waals surface area contributed by atoms with E-state index >= 15 is 0 Å². The smallest absolute Gasteiger partial charge is 0.0948 e. The number of hydrogen-bond donors (Lipinski definition) is 0. The zero-order valence-electron chi connectivity index (χ0n) is 26.1. The maximum atomic E-state index is 4.45. The first-order valence-electron chi connectivity index (χ1n) is 17.4. The van der Waals surface area contributed by atoms with E-state index in [1.165, 1.54) is 160 Å². The maximum Gasteiger partial charge on any atom is 0.0948 e. The molecule has 2 aromatic rings. The molecule has 0 fully saturated rings. The Morgan fingerprint density at radius 3 is 1.49 bits per heavy atom. The Morgan fingerprint density at radius 2 is 1.03 bits per heavy atom. The summed E-state index contributed by atoms with van der Waals surface area (Å²) in [7, 11) is 0. The predicted molar refractivity (Wildman–Crippen MR) is 172 cm³/mol. The second-order valence-electron chi connectivity index (χ2n) is 12.3. The molecule has 0 amide bonds. The molecule has 0 bridgehead atoms. The van der Waals surface area contributed by atoms with Crippen LogP contribution in [0.15, 0.2) is 49.1 Å². The van der Waals surface area contributed by atoms with E-state index in [9.17, 15) is 0 Å². The summed E-state index contributed by atoms with van der Waals surface area (Å²) in [6, 6.07) is 11.8. The van der Waals surface area contributed by atoms with Crippen LogP contribution in [0.2, 0.25) is 0 Å². The first-order valence-corrected chi connectivity index (χ1v) is 17.4. The lowest BCUT2D eigenvalue weighted by Crippen LogP contribution is -2.21. The number of nitrogens with zero attached hydrogens (tertiary/aromatic N) is 2. The van der Waals surface area contributed by atoms with Crippen LogP contribution in [0.4, 0.5) is 0 Å². The molecule has 0 spiro atoms. The molecule has 39 heavy (non-hydrogen) atoms. The Labute approximate surface area is 243 Å².